The van der Waals surface area contributed by atoms with Gasteiger partial charge < -0.3 is 0 Å². The summed E-state index contributed by atoms with van der Waals surface area (Å²) in [5, 5.41) is 9.10. The lowest BCUT2D eigenvalue weighted by Crippen LogP contribution is -2.30. The summed E-state index contributed by atoms with van der Waals surface area (Å²) in [5.74, 6) is -0.107. The lowest BCUT2D eigenvalue weighted by molar-refractivity contribution is -0.119. The largest absolute Gasteiger partial charge is 0.298 e. The van der Waals surface area contributed by atoms with E-state index in [-0.39, 0.29) is 11.3 Å². The van der Waals surface area contributed by atoms with Crippen LogP contribution in [-0.2, 0) is 17.6 Å². The Balaban J connectivity index is 2.23. The Morgan fingerprint density at radius 3 is 2.65 bits per heavy atom. The average molecular weight is 306 g/mol. The van der Waals surface area contributed by atoms with Crippen LogP contribution in [0.4, 0.5) is 0 Å². The molecular weight excluding hydrogens is 288 g/mol. The number of aromatic nitrogens is 1. The first-order valence-corrected chi connectivity index (χ1v) is 7.81. The van der Waals surface area contributed by atoms with E-state index in [1.54, 1.807) is 13.0 Å². The highest BCUT2D eigenvalue weighted by atomic mass is 16.1. The van der Waals surface area contributed by atoms with Gasteiger partial charge in [-0.15, -0.1) is 0 Å². The van der Waals surface area contributed by atoms with Gasteiger partial charge in [0.05, 0.1) is 11.7 Å². The quantitative estimate of drug-likeness (QED) is 0.875. The molecule has 1 aromatic carbocycles. The molecule has 1 aromatic heterocycles. The minimum absolute atomic E-state index is 0.0583. The lowest BCUT2D eigenvalue weighted by atomic mass is 10.0. The van der Waals surface area contributed by atoms with Crippen LogP contribution in [0.3, 0.4) is 0 Å². The maximum absolute atomic E-state index is 12.6. The van der Waals surface area contributed by atoms with E-state index in [2.05, 4.69) is 12.1 Å². The topological polar surface area (TPSA) is 62.9 Å². The summed E-state index contributed by atoms with van der Waals surface area (Å²) in [6, 6.07) is 10.8. The van der Waals surface area contributed by atoms with Crippen LogP contribution in [0.15, 0.2) is 35.1 Å². The number of pyridine rings is 1. The molecule has 0 saturated carbocycles. The summed E-state index contributed by atoms with van der Waals surface area (Å²) >= 11 is 0. The van der Waals surface area contributed by atoms with Crippen LogP contribution in [-0.4, -0.2) is 10.4 Å². The zero-order valence-corrected chi connectivity index (χ0v) is 13.3. The molecule has 23 heavy (non-hydrogen) atoms. The Morgan fingerprint density at radius 2 is 1.96 bits per heavy atom. The third kappa shape index (κ3) is 2.59. The van der Waals surface area contributed by atoms with E-state index >= 15 is 0 Å². The fraction of sp³-hybridized carbons (Fsp3) is 0.316. The maximum atomic E-state index is 12.6. The van der Waals surface area contributed by atoms with Crippen molar-refractivity contribution in [3.8, 4) is 17.3 Å². The average Bonchev–Trinajstić information content (AvgIpc) is 3.01. The van der Waals surface area contributed by atoms with Gasteiger partial charge >= 0.3 is 0 Å². The number of benzene rings is 1. The van der Waals surface area contributed by atoms with Crippen LogP contribution in [0.25, 0.3) is 11.3 Å². The SMILES string of the molecule is CC(=O)C(C)n1c(-c2ccc3c(c2)CCC3)ccc(C#N)c1=O. The molecule has 0 N–H and O–H groups in total. The summed E-state index contributed by atoms with van der Waals surface area (Å²) in [6.07, 6.45) is 3.30. The number of carbonyl (C=O) groups excluding carboxylic acids is 1. The first kappa shape index (κ1) is 15.2. The predicted octanol–water partition coefficient (Wildman–Crippen LogP) is 3.03. The van der Waals surface area contributed by atoms with Gasteiger partial charge in [0.2, 0.25) is 0 Å². The van der Waals surface area contributed by atoms with Crippen molar-refractivity contribution in [3.63, 3.8) is 0 Å². The normalized spacial score (nSPS) is 14.1. The van der Waals surface area contributed by atoms with Crippen molar-refractivity contribution in [2.75, 3.05) is 0 Å². The summed E-state index contributed by atoms with van der Waals surface area (Å²) in [5.41, 5.74) is 3.92. The molecule has 0 bridgehead atoms. The highest BCUT2D eigenvalue weighted by Crippen LogP contribution is 2.29. The number of carbonyl (C=O) groups is 1. The van der Waals surface area contributed by atoms with Gasteiger partial charge in [-0.3, -0.25) is 14.2 Å². The van der Waals surface area contributed by atoms with Crippen molar-refractivity contribution in [1.82, 2.24) is 4.57 Å². The fourth-order valence-corrected chi connectivity index (χ4v) is 3.17. The minimum Gasteiger partial charge on any atom is -0.298 e. The molecule has 3 rings (SSSR count). The van der Waals surface area contributed by atoms with Gasteiger partial charge in [0.1, 0.15) is 11.6 Å². The van der Waals surface area contributed by atoms with Crippen LogP contribution in [0, 0.1) is 11.3 Å². The van der Waals surface area contributed by atoms with Crippen LogP contribution in [0.5, 0.6) is 0 Å². The summed E-state index contributed by atoms with van der Waals surface area (Å²) in [7, 11) is 0. The molecule has 1 aliphatic rings. The number of Topliss-reactive ketones (excluding diaryl/α,β-unsaturated/α-hetero) is 1. The van der Waals surface area contributed by atoms with Crippen molar-refractivity contribution >= 4 is 5.78 Å². The van der Waals surface area contributed by atoms with Crippen molar-refractivity contribution in [2.45, 2.75) is 39.2 Å². The molecule has 4 nitrogen and oxygen atoms in total. The van der Waals surface area contributed by atoms with E-state index in [1.165, 1.54) is 28.7 Å². The number of fused-ring (bicyclic) bond motifs is 1. The van der Waals surface area contributed by atoms with Crippen LogP contribution in [0.2, 0.25) is 0 Å². The van der Waals surface area contributed by atoms with Crippen molar-refractivity contribution in [1.29, 1.82) is 5.26 Å². The molecule has 1 atom stereocenters. The monoisotopic (exact) mass is 306 g/mol. The zero-order valence-electron chi connectivity index (χ0n) is 13.3. The van der Waals surface area contributed by atoms with Crippen molar-refractivity contribution < 1.29 is 4.79 Å². The van der Waals surface area contributed by atoms with Gasteiger partial charge in [0.15, 0.2) is 5.78 Å². The van der Waals surface area contributed by atoms with Gasteiger partial charge in [-0.2, -0.15) is 5.26 Å². The molecule has 1 unspecified atom stereocenters. The Morgan fingerprint density at radius 1 is 1.22 bits per heavy atom. The second-order valence-corrected chi connectivity index (χ2v) is 6.04. The lowest BCUT2D eigenvalue weighted by Gasteiger charge is -2.18. The second-order valence-electron chi connectivity index (χ2n) is 6.04. The van der Waals surface area contributed by atoms with Crippen LogP contribution in [0.1, 0.15) is 43.0 Å². The molecule has 4 heteroatoms. The molecule has 0 amide bonds. The van der Waals surface area contributed by atoms with E-state index in [4.69, 9.17) is 5.26 Å². The van der Waals surface area contributed by atoms with Crippen LogP contribution >= 0.6 is 0 Å². The Hall–Kier alpha value is -2.67. The van der Waals surface area contributed by atoms with E-state index in [0.29, 0.717) is 5.69 Å². The highest BCUT2D eigenvalue weighted by Gasteiger charge is 2.20. The Labute approximate surface area is 135 Å². The number of hydrogen-bond acceptors (Lipinski definition) is 3. The van der Waals surface area contributed by atoms with E-state index in [0.717, 1.165) is 24.8 Å². The summed E-state index contributed by atoms with van der Waals surface area (Å²) < 4.78 is 1.44. The molecule has 0 saturated heterocycles. The number of ketones is 1. The Bertz CT molecular complexity index is 887. The molecule has 2 aromatic rings. The number of nitrogens with zero attached hydrogens (tertiary/aromatic N) is 2. The van der Waals surface area contributed by atoms with E-state index < -0.39 is 11.6 Å². The second kappa shape index (κ2) is 5.85. The standard InChI is InChI=1S/C19H18N2O2/c1-12(13(2)22)21-18(9-8-17(11-20)19(21)23)16-7-6-14-4-3-5-15(14)10-16/h6-10,12H,3-5H2,1-2H3. The molecule has 116 valence electrons. The number of hydrogen-bond donors (Lipinski definition) is 0. The molecule has 0 spiro atoms. The molecule has 0 radical (unpaired) electrons. The summed E-state index contributed by atoms with van der Waals surface area (Å²) in [4.78, 5) is 24.4. The van der Waals surface area contributed by atoms with Crippen LogP contribution < -0.4 is 5.56 Å². The Kier molecular flexibility index (Phi) is 3.87. The van der Waals surface area contributed by atoms with E-state index in [9.17, 15) is 9.59 Å². The van der Waals surface area contributed by atoms with E-state index in [1.807, 2.05) is 12.1 Å². The van der Waals surface area contributed by atoms with Crippen molar-refractivity contribution in [3.05, 3.63) is 57.4 Å². The molecular formula is C19H18N2O2. The van der Waals surface area contributed by atoms with Crippen molar-refractivity contribution in [2.24, 2.45) is 0 Å². The molecule has 0 fully saturated rings. The third-order valence-electron chi connectivity index (χ3n) is 4.61. The van der Waals surface area contributed by atoms with Gasteiger partial charge in [-0.25, -0.2) is 0 Å². The summed E-state index contributed by atoms with van der Waals surface area (Å²) in [6.45, 7) is 3.16. The van der Waals surface area contributed by atoms with Gasteiger partial charge in [0.25, 0.3) is 5.56 Å². The van der Waals surface area contributed by atoms with Gasteiger partial charge in [-0.1, -0.05) is 12.1 Å². The third-order valence-corrected chi connectivity index (χ3v) is 4.61. The first-order chi connectivity index (χ1) is 11.0. The molecule has 0 aliphatic heterocycles. The molecule has 1 aliphatic carbocycles. The predicted molar refractivity (Wildman–Crippen MR) is 88.3 cm³/mol. The zero-order chi connectivity index (χ0) is 16.6. The smallest absolute Gasteiger partial charge is 0.269 e. The van der Waals surface area contributed by atoms with Gasteiger partial charge in [0, 0.05) is 0 Å². The minimum atomic E-state index is -0.598. The number of rotatable bonds is 3. The number of nitriles is 1. The van der Waals surface area contributed by atoms with Gasteiger partial charge in [-0.05, 0) is 68.0 Å². The number of aryl methyl sites for hydroxylation is 2. The fourth-order valence-electron chi connectivity index (χ4n) is 3.17. The molecule has 1 heterocycles. The maximum Gasteiger partial charge on any atom is 0.269 e. The first-order valence-electron chi connectivity index (χ1n) is 7.81. The highest BCUT2D eigenvalue weighted by molar-refractivity contribution is 5.80.